The van der Waals surface area contributed by atoms with Crippen molar-refractivity contribution in [1.82, 2.24) is 10.2 Å². The van der Waals surface area contributed by atoms with Gasteiger partial charge in [0, 0.05) is 32.1 Å². The number of likely N-dealkylation sites (tertiary alicyclic amines) is 1. The number of amides is 1. The average Bonchev–Trinajstić information content (AvgIpc) is 2.29. The number of nitrogens with zero attached hydrogens (tertiary/aromatic N) is 1. The number of carbonyl (C=O) groups is 1. The summed E-state index contributed by atoms with van der Waals surface area (Å²) in [6.45, 7) is 8.01. The van der Waals surface area contributed by atoms with Crippen molar-refractivity contribution in [3.05, 3.63) is 0 Å². The maximum Gasteiger partial charge on any atom is 0.219 e. The molecule has 1 aliphatic rings. The van der Waals surface area contributed by atoms with Crippen LogP contribution in [0, 0.1) is 0 Å². The molecule has 1 amide bonds. The van der Waals surface area contributed by atoms with Crippen LogP contribution < -0.4 is 5.32 Å². The number of rotatable bonds is 5. The first-order valence-corrected chi connectivity index (χ1v) is 6.68. The Morgan fingerprint density at radius 1 is 1.38 bits per heavy atom. The van der Waals surface area contributed by atoms with E-state index in [4.69, 9.17) is 0 Å². The molecule has 3 heteroatoms. The highest BCUT2D eigenvalue weighted by Crippen LogP contribution is 2.13. The van der Waals surface area contributed by atoms with Crippen molar-refractivity contribution in [3.63, 3.8) is 0 Å². The van der Waals surface area contributed by atoms with E-state index in [1.807, 2.05) is 4.90 Å². The Morgan fingerprint density at radius 3 is 2.44 bits per heavy atom. The van der Waals surface area contributed by atoms with Crippen LogP contribution in [0.15, 0.2) is 0 Å². The largest absolute Gasteiger partial charge is 0.343 e. The molecular weight excluding hydrogens is 200 g/mol. The van der Waals surface area contributed by atoms with E-state index in [1.165, 1.54) is 19.3 Å². The molecule has 1 saturated heterocycles. The predicted molar refractivity (Wildman–Crippen MR) is 67.4 cm³/mol. The van der Waals surface area contributed by atoms with Crippen LogP contribution in [0.5, 0.6) is 0 Å². The molecule has 1 atom stereocenters. The first-order valence-electron chi connectivity index (χ1n) is 6.68. The minimum atomic E-state index is 0.221. The molecule has 1 unspecified atom stereocenters. The molecule has 1 N–H and O–H groups in total. The number of carbonyl (C=O) groups excluding carboxylic acids is 1. The van der Waals surface area contributed by atoms with E-state index in [0.29, 0.717) is 12.1 Å². The molecule has 0 spiro atoms. The maximum absolute atomic E-state index is 11.2. The van der Waals surface area contributed by atoms with Gasteiger partial charge in [-0.2, -0.15) is 0 Å². The number of nitrogens with one attached hydrogen (secondary N) is 1. The topological polar surface area (TPSA) is 32.3 Å². The summed E-state index contributed by atoms with van der Waals surface area (Å²) in [7, 11) is 0. The summed E-state index contributed by atoms with van der Waals surface area (Å²) in [4.78, 5) is 13.1. The zero-order valence-electron chi connectivity index (χ0n) is 11.0. The van der Waals surface area contributed by atoms with E-state index in [9.17, 15) is 4.79 Å². The van der Waals surface area contributed by atoms with E-state index >= 15 is 0 Å². The van der Waals surface area contributed by atoms with E-state index in [1.54, 1.807) is 6.92 Å². The lowest BCUT2D eigenvalue weighted by Crippen LogP contribution is -2.47. The molecule has 0 aromatic rings. The van der Waals surface area contributed by atoms with Crippen molar-refractivity contribution in [2.24, 2.45) is 0 Å². The smallest absolute Gasteiger partial charge is 0.219 e. The fourth-order valence-electron chi connectivity index (χ4n) is 2.45. The molecule has 0 aliphatic carbocycles. The molecule has 0 radical (unpaired) electrons. The lowest BCUT2D eigenvalue weighted by Gasteiger charge is -2.34. The van der Waals surface area contributed by atoms with Gasteiger partial charge in [-0.3, -0.25) is 4.79 Å². The van der Waals surface area contributed by atoms with E-state index < -0.39 is 0 Å². The fourth-order valence-corrected chi connectivity index (χ4v) is 2.45. The van der Waals surface area contributed by atoms with Crippen LogP contribution in [0.3, 0.4) is 0 Å². The summed E-state index contributed by atoms with van der Waals surface area (Å²) in [5.74, 6) is 0.221. The Morgan fingerprint density at radius 2 is 2.00 bits per heavy atom. The van der Waals surface area contributed by atoms with Gasteiger partial charge in [0.2, 0.25) is 5.91 Å². The third-order valence-electron chi connectivity index (χ3n) is 3.54. The van der Waals surface area contributed by atoms with Gasteiger partial charge in [-0.05, 0) is 25.7 Å². The predicted octanol–water partition coefficient (Wildman–Crippen LogP) is 2.17. The highest BCUT2D eigenvalue weighted by atomic mass is 16.2. The van der Waals surface area contributed by atoms with Gasteiger partial charge in [0.05, 0.1) is 0 Å². The molecule has 0 bridgehead atoms. The first-order chi connectivity index (χ1) is 7.67. The summed E-state index contributed by atoms with van der Waals surface area (Å²) in [6, 6.07) is 1.28. The standard InChI is InChI=1S/C13H26N2O/c1-4-6-12(5-2)14-13-7-9-15(10-8-13)11(3)16/h12-14H,4-10H2,1-3H3. The van der Waals surface area contributed by atoms with Gasteiger partial charge < -0.3 is 10.2 Å². The monoisotopic (exact) mass is 226 g/mol. The quantitative estimate of drug-likeness (QED) is 0.779. The molecule has 1 heterocycles. The van der Waals surface area contributed by atoms with Crippen LogP contribution in [-0.2, 0) is 4.79 Å². The van der Waals surface area contributed by atoms with Crippen LogP contribution >= 0.6 is 0 Å². The van der Waals surface area contributed by atoms with Crippen LogP contribution in [0.2, 0.25) is 0 Å². The zero-order valence-corrected chi connectivity index (χ0v) is 11.0. The Labute approximate surface area is 99.6 Å². The molecule has 1 aliphatic heterocycles. The van der Waals surface area contributed by atoms with Crippen LogP contribution in [-0.4, -0.2) is 36.0 Å². The lowest BCUT2D eigenvalue weighted by atomic mass is 10.0. The second kappa shape index (κ2) is 6.89. The van der Waals surface area contributed by atoms with Gasteiger partial charge in [0.25, 0.3) is 0 Å². The second-order valence-electron chi connectivity index (χ2n) is 4.84. The molecule has 0 aromatic carbocycles. The molecule has 0 saturated carbocycles. The molecule has 0 aromatic heterocycles. The molecular formula is C13H26N2O. The van der Waals surface area contributed by atoms with Crippen molar-refractivity contribution in [3.8, 4) is 0 Å². The minimum Gasteiger partial charge on any atom is -0.343 e. The highest BCUT2D eigenvalue weighted by Gasteiger charge is 2.21. The van der Waals surface area contributed by atoms with E-state index in [2.05, 4.69) is 19.2 Å². The van der Waals surface area contributed by atoms with Crippen molar-refractivity contribution >= 4 is 5.91 Å². The van der Waals surface area contributed by atoms with Crippen molar-refractivity contribution in [2.75, 3.05) is 13.1 Å². The Hall–Kier alpha value is -0.570. The van der Waals surface area contributed by atoms with Gasteiger partial charge in [0.15, 0.2) is 0 Å². The second-order valence-corrected chi connectivity index (χ2v) is 4.84. The Bertz CT molecular complexity index is 210. The molecule has 1 fully saturated rings. The number of hydrogen-bond donors (Lipinski definition) is 1. The van der Waals surface area contributed by atoms with Crippen LogP contribution in [0.1, 0.15) is 52.9 Å². The molecule has 3 nitrogen and oxygen atoms in total. The van der Waals surface area contributed by atoms with Gasteiger partial charge in [-0.25, -0.2) is 0 Å². The summed E-state index contributed by atoms with van der Waals surface area (Å²) in [6.07, 6.45) is 5.95. The van der Waals surface area contributed by atoms with Crippen molar-refractivity contribution in [1.29, 1.82) is 0 Å². The number of hydrogen-bond acceptors (Lipinski definition) is 2. The van der Waals surface area contributed by atoms with Gasteiger partial charge in [0.1, 0.15) is 0 Å². The zero-order chi connectivity index (χ0) is 12.0. The molecule has 16 heavy (non-hydrogen) atoms. The lowest BCUT2D eigenvalue weighted by molar-refractivity contribution is -0.129. The number of piperidine rings is 1. The van der Waals surface area contributed by atoms with Crippen LogP contribution in [0.25, 0.3) is 0 Å². The summed E-state index contributed by atoms with van der Waals surface area (Å²) in [5, 5.41) is 3.73. The van der Waals surface area contributed by atoms with Crippen molar-refractivity contribution in [2.45, 2.75) is 65.0 Å². The summed E-state index contributed by atoms with van der Waals surface area (Å²) < 4.78 is 0. The summed E-state index contributed by atoms with van der Waals surface area (Å²) in [5.41, 5.74) is 0. The third kappa shape index (κ3) is 4.12. The normalized spacial score (nSPS) is 19.8. The molecule has 1 rings (SSSR count). The van der Waals surface area contributed by atoms with E-state index in [0.717, 1.165) is 25.9 Å². The minimum absolute atomic E-state index is 0.221. The Kier molecular flexibility index (Phi) is 5.81. The van der Waals surface area contributed by atoms with Crippen molar-refractivity contribution < 1.29 is 4.79 Å². The van der Waals surface area contributed by atoms with Gasteiger partial charge in [-0.15, -0.1) is 0 Å². The highest BCUT2D eigenvalue weighted by molar-refractivity contribution is 5.73. The SMILES string of the molecule is CCCC(CC)NC1CCN(C(C)=O)CC1. The molecule has 94 valence electrons. The van der Waals surface area contributed by atoms with Crippen LogP contribution in [0.4, 0.5) is 0 Å². The Balaban J connectivity index is 2.28. The van der Waals surface area contributed by atoms with Gasteiger partial charge >= 0.3 is 0 Å². The average molecular weight is 226 g/mol. The van der Waals surface area contributed by atoms with E-state index in [-0.39, 0.29) is 5.91 Å². The third-order valence-corrected chi connectivity index (χ3v) is 3.54. The first kappa shape index (κ1) is 13.5. The van der Waals surface area contributed by atoms with Gasteiger partial charge in [-0.1, -0.05) is 20.3 Å². The summed E-state index contributed by atoms with van der Waals surface area (Å²) >= 11 is 0. The fraction of sp³-hybridized carbons (Fsp3) is 0.923. The maximum atomic E-state index is 11.2.